The number of hydrogen-bond acceptors (Lipinski definition) is 4. The van der Waals surface area contributed by atoms with E-state index in [4.69, 9.17) is 4.74 Å². The third-order valence-corrected chi connectivity index (χ3v) is 3.70. The summed E-state index contributed by atoms with van der Waals surface area (Å²) in [6.07, 6.45) is 2.45. The minimum Gasteiger partial charge on any atom is -0.379 e. The van der Waals surface area contributed by atoms with Crippen LogP contribution >= 0.6 is 0 Å². The van der Waals surface area contributed by atoms with Gasteiger partial charge >= 0.3 is 0 Å². The fourth-order valence-electron chi connectivity index (χ4n) is 2.24. The van der Waals surface area contributed by atoms with Gasteiger partial charge in [0.1, 0.15) is 0 Å². The van der Waals surface area contributed by atoms with Crippen LogP contribution in [0.1, 0.15) is 33.1 Å². The highest BCUT2D eigenvalue weighted by molar-refractivity contribution is 5.77. The predicted octanol–water partition coefficient (Wildman–Crippen LogP) is 0.474. The maximum absolute atomic E-state index is 11.7. The molecule has 1 aliphatic rings. The average molecular weight is 299 g/mol. The number of nitrogens with one attached hydrogen (secondary N) is 1. The van der Waals surface area contributed by atoms with Crippen LogP contribution in [-0.4, -0.2) is 74.1 Å². The number of hydrogen-bond donors (Lipinski definition) is 1. The first-order valence-electron chi connectivity index (χ1n) is 7.95. The summed E-state index contributed by atoms with van der Waals surface area (Å²) in [5.41, 5.74) is 0. The van der Waals surface area contributed by atoms with Crippen molar-refractivity contribution in [1.82, 2.24) is 15.1 Å². The molecule has 0 aromatic heterocycles. The van der Waals surface area contributed by atoms with Gasteiger partial charge in [0.25, 0.3) is 0 Å². The van der Waals surface area contributed by atoms with E-state index in [9.17, 15) is 9.59 Å². The minimum atomic E-state index is 0.0288. The van der Waals surface area contributed by atoms with Gasteiger partial charge in [-0.3, -0.25) is 14.5 Å². The second-order valence-corrected chi connectivity index (χ2v) is 5.41. The lowest BCUT2D eigenvalue weighted by atomic mass is 10.3. The van der Waals surface area contributed by atoms with Crippen LogP contribution in [0.2, 0.25) is 0 Å². The lowest BCUT2D eigenvalue weighted by molar-refractivity contribution is -0.130. The summed E-state index contributed by atoms with van der Waals surface area (Å²) in [6.45, 7) is 9.77. The van der Waals surface area contributed by atoms with Crippen molar-refractivity contribution in [1.29, 1.82) is 0 Å². The molecule has 1 heterocycles. The van der Waals surface area contributed by atoms with Crippen LogP contribution in [0.3, 0.4) is 0 Å². The number of rotatable bonds is 9. The molecule has 0 atom stereocenters. The van der Waals surface area contributed by atoms with Crippen molar-refractivity contribution in [2.24, 2.45) is 0 Å². The van der Waals surface area contributed by atoms with Gasteiger partial charge in [-0.15, -0.1) is 0 Å². The van der Waals surface area contributed by atoms with Gasteiger partial charge in [-0.2, -0.15) is 0 Å². The Kier molecular flexibility index (Phi) is 9.01. The Morgan fingerprint density at radius 1 is 1.24 bits per heavy atom. The molecule has 6 heteroatoms. The van der Waals surface area contributed by atoms with Crippen LogP contribution in [-0.2, 0) is 14.3 Å². The van der Waals surface area contributed by atoms with Crippen molar-refractivity contribution in [3.63, 3.8) is 0 Å². The zero-order valence-corrected chi connectivity index (χ0v) is 13.4. The second-order valence-electron chi connectivity index (χ2n) is 5.41. The largest absolute Gasteiger partial charge is 0.379 e. The van der Waals surface area contributed by atoms with E-state index >= 15 is 0 Å². The topological polar surface area (TPSA) is 61.9 Å². The average Bonchev–Trinajstić information content (AvgIpc) is 2.48. The van der Waals surface area contributed by atoms with Gasteiger partial charge in [0.05, 0.1) is 13.2 Å². The molecule has 0 bridgehead atoms. The first kappa shape index (κ1) is 17.9. The first-order chi connectivity index (χ1) is 10.1. The molecule has 0 radical (unpaired) electrons. The SMILES string of the molecule is CCCCNC(=O)CCN(CCN1CCOCC1)C(C)=O. The van der Waals surface area contributed by atoms with Crippen LogP contribution < -0.4 is 5.32 Å². The van der Waals surface area contributed by atoms with E-state index in [0.717, 1.165) is 52.2 Å². The molecule has 2 amide bonds. The number of amides is 2. The monoisotopic (exact) mass is 299 g/mol. The fraction of sp³-hybridized carbons (Fsp3) is 0.867. The summed E-state index contributed by atoms with van der Waals surface area (Å²) in [7, 11) is 0. The predicted molar refractivity (Wildman–Crippen MR) is 82.0 cm³/mol. The van der Waals surface area contributed by atoms with Gasteiger partial charge in [-0.25, -0.2) is 0 Å². The number of carbonyl (C=O) groups excluding carboxylic acids is 2. The standard InChI is InChI=1S/C15H29N3O3/c1-3-4-6-16-15(20)5-7-18(14(2)19)9-8-17-10-12-21-13-11-17/h3-13H2,1-2H3,(H,16,20). The van der Waals surface area contributed by atoms with Crippen molar-refractivity contribution < 1.29 is 14.3 Å². The third-order valence-electron chi connectivity index (χ3n) is 3.70. The van der Waals surface area contributed by atoms with Gasteiger partial charge < -0.3 is 15.0 Å². The van der Waals surface area contributed by atoms with Crippen LogP contribution in [0.4, 0.5) is 0 Å². The highest BCUT2D eigenvalue weighted by atomic mass is 16.5. The molecular formula is C15H29N3O3. The highest BCUT2D eigenvalue weighted by Gasteiger charge is 2.15. The summed E-state index contributed by atoms with van der Waals surface area (Å²) in [6, 6.07) is 0. The minimum absolute atomic E-state index is 0.0288. The van der Waals surface area contributed by atoms with Gasteiger partial charge in [0, 0.05) is 52.6 Å². The van der Waals surface area contributed by atoms with Crippen LogP contribution in [0.5, 0.6) is 0 Å². The van der Waals surface area contributed by atoms with Gasteiger partial charge in [0.2, 0.25) is 11.8 Å². The van der Waals surface area contributed by atoms with Crippen molar-refractivity contribution in [2.75, 3.05) is 52.5 Å². The quantitative estimate of drug-likeness (QED) is 0.629. The summed E-state index contributed by atoms with van der Waals surface area (Å²) >= 11 is 0. The van der Waals surface area contributed by atoms with E-state index in [2.05, 4.69) is 17.1 Å². The molecular weight excluding hydrogens is 270 g/mol. The lowest BCUT2D eigenvalue weighted by Gasteiger charge is -2.29. The maximum atomic E-state index is 11.7. The fourth-order valence-corrected chi connectivity index (χ4v) is 2.24. The van der Waals surface area contributed by atoms with Crippen LogP contribution in [0.15, 0.2) is 0 Å². The molecule has 0 unspecified atom stereocenters. The van der Waals surface area contributed by atoms with E-state index in [1.54, 1.807) is 11.8 Å². The zero-order valence-electron chi connectivity index (χ0n) is 13.4. The number of ether oxygens (including phenoxy) is 1. The van der Waals surface area contributed by atoms with E-state index in [-0.39, 0.29) is 11.8 Å². The van der Waals surface area contributed by atoms with E-state index < -0.39 is 0 Å². The number of unbranched alkanes of at least 4 members (excludes halogenated alkanes) is 1. The van der Waals surface area contributed by atoms with Crippen molar-refractivity contribution in [3.05, 3.63) is 0 Å². The van der Waals surface area contributed by atoms with Gasteiger partial charge in [-0.1, -0.05) is 13.3 Å². The Morgan fingerprint density at radius 2 is 1.95 bits per heavy atom. The Morgan fingerprint density at radius 3 is 2.57 bits per heavy atom. The molecule has 1 rings (SSSR count). The van der Waals surface area contributed by atoms with E-state index in [0.29, 0.717) is 19.5 Å². The van der Waals surface area contributed by atoms with Crippen LogP contribution in [0.25, 0.3) is 0 Å². The summed E-state index contributed by atoms with van der Waals surface area (Å²) in [4.78, 5) is 27.4. The molecule has 0 spiro atoms. The molecule has 0 aromatic carbocycles. The highest BCUT2D eigenvalue weighted by Crippen LogP contribution is 1.99. The second kappa shape index (κ2) is 10.6. The molecule has 0 saturated carbocycles. The van der Waals surface area contributed by atoms with Crippen molar-refractivity contribution >= 4 is 11.8 Å². The molecule has 1 saturated heterocycles. The molecule has 1 aliphatic heterocycles. The molecule has 122 valence electrons. The van der Waals surface area contributed by atoms with E-state index in [1.165, 1.54) is 0 Å². The maximum Gasteiger partial charge on any atom is 0.221 e. The number of carbonyl (C=O) groups is 2. The summed E-state index contributed by atoms with van der Waals surface area (Å²) in [5.74, 6) is 0.0608. The lowest BCUT2D eigenvalue weighted by Crippen LogP contribution is -2.43. The first-order valence-corrected chi connectivity index (χ1v) is 7.95. The molecule has 1 N–H and O–H groups in total. The zero-order chi connectivity index (χ0) is 15.5. The Bertz CT molecular complexity index is 317. The smallest absolute Gasteiger partial charge is 0.221 e. The van der Waals surface area contributed by atoms with Crippen molar-refractivity contribution in [3.8, 4) is 0 Å². The van der Waals surface area contributed by atoms with E-state index in [1.807, 2.05) is 0 Å². The Labute approximate surface area is 127 Å². The van der Waals surface area contributed by atoms with Gasteiger partial charge in [-0.05, 0) is 6.42 Å². The molecule has 0 aromatic rings. The normalized spacial score (nSPS) is 15.7. The molecule has 0 aliphatic carbocycles. The van der Waals surface area contributed by atoms with Crippen LogP contribution in [0, 0.1) is 0 Å². The molecule has 1 fully saturated rings. The Hall–Kier alpha value is -1.14. The summed E-state index contributed by atoms with van der Waals surface area (Å²) < 4.78 is 5.30. The third kappa shape index (κ3) is 8.02. The summed E-state index contributed by atoms with van der Waals surface area (Å²) in [5, 5.41) is 2.88. The Balaban J connectivity index is 2.22. The number of nitrogens with zero attached hydrogens (tertiary/aromatic N) is 2. The number of morpholine rings is 1. The molecule has 21 heavy (non-hydrogen) atoms. The van der Waals surface area contributed by atoms with Crippen molar-refractivity contribution in [2.45, 2.75) is 33.1 Å². The van der Waals surface area contributed by atoms with Gasteiger partial charge in [0.15, 0.2) is 0 Å². The molecule has 6 nitrogen and oxygen atoms in total.